The van der Waals surface area contributed by atoms with Gasteiger partial charge in [-0.05, 0) is 37.0 Å². The van der Waals surface area contributed by atoms with Crippen molar-refractivity contribution in [2.75, 3.05) is 24.7 Å². The fraction of sp³-hybridized carbons (Fsp3) is 0.438. The number of sulfone groups is 1. The van der Waals surface area contributed by atoms with Gasteiger partial charge in [0.15, 0.2) is 9.84 Å². The maximum atomic E-state index is 12.5. The SMILES string of the molecule is CS(=O)(=O)c1cccc(NC(=O)N2CCCC(Cn3ccnn3)C2)c1. The average molecular weight is 363 g/mol. The molecule has 2 heterocycles. The average Bonchev–Trinajstić information content (AvgIpc) is 3.07. The van der Waals surface area contributed by atoms with E-state index < -0.39 is 9.84 Å². The van der Waals surface area contributed by atoms with Crippen molar-refractivity contribution in [1.82, 2.24) is 19.9 Å². The van der Waals surface area contributed by atoms with Crippen LogP contribution in [-0.4, -0.2) is 53.7 Å². The van der Waals surface area contributed by atoms with E-state index in [0.717, 1.165) is 25.6 Å². The second-order valence-electron chi connectivity index (χ2n) is 6.31. The van der Waals surface area contributed by atoms with Gasteiger partial charge in [-0.1, -0.05) is 11.3 Å². The van der Waals surface area contributed by atoms with Gasteiger partial charge >= 0.3 is 6.03 Å². The number of amides is 2. The van der Waals surface area contributed by atoms with Crippen LogP contribution in [0.4, 0.5) is 10.5 Å². The van der Waals surface area contributed by atoms with Gasteiger partial charge in [-0.3, -0.25) is 4.68 Å². The molecule has 3 rings (SSSR count). The summed E-state index contributed by atoms with van der Waals surface area (Å²) < 4.78 is 25.0. The molecule has 0 aliphatic carbocycles. The van der Waals surface area contributed by atoms with Gasteiger partial charge in [0.05, 0.1) is 11.1 Å². The highest BCUT2D eigenvalue weighted by Gasteiger charge is 2.24. The van der Waals surface area contributed by atoms with E-state index >= 15 is 0 Å². The van der Waals surface area contributed by atoms with Crippen molar-refractivity contribution in [2.24, 2.45) is 5.92 Å². The Labute approximate surface area is 146 Å². The van der Waals surface area contributed by atoms with Crippen LogP contribution in [0, 0.1) is 5.92 Å². The van der Waals surface area contributed by atoms with E-state index in [1.54, 1.807) is 27.9 Å². The molecule has 9 heteroatoms. The van der Waals surface area contributed by atoms with Crippen molar-refractivity contribution >= 4 is 21.6 Å². The summed E-state index contributed by atoms with van der Waals surface area (Å²) in [6.45, 7) is 2.05. The lowest BCUT2D eigenvalue weighted by atomic mass is 9.98. The molecule has 1 atom stereocenters. The highest BCUT2D eigenvalue weighted by atomic mass is 32.2. The molecule has 1 aromatic carbocycles. The number of carbonyl (C=O) groups is 1. The van der Waals surface area contributed by atoms with Gasteiger partial charge in [0, 0.05) is 37.8 Å². The number of nitrogens with zero attached hydrogens (tertiary/aromatic N) is 4. The first-order valence-corrected chi connectivity index (χ1v) is 10.0. The zero-order valence-corrected chi connectivity index (χ0v) is 14.8. The van der Waals surface area contributed by atoms with Gasteiger partial charge < -0.3 is 10.2 Å². The molecule has 1 fully saturated rings. The number of urea groups is 1. The lowest BCUT2D eigenvalue weighted by Gasteiger charge is -2.32. The fourth-order valence-corrected chi connectivity index (χ4v) is 3.67. The standard InChI is InChI=1S/C16H21N5O3S/c1-25(23,24)15-6-2-5-14(10-15)18-16(22)20-8-3-4-13(11-20)12-21-9-7-17-19-21/h2,5-7,9-10,13H,3-4,8,11-12H2,1H3,(H,18,22). The molecule has 25 heavy (non-hydrogen) atoms. The van der Waals surface area contributed by atoms with Crippen molar-refractivity contribution in [3.8, 4) is 0 Å². The Kier molecular flexibility index (Phi) is 5.03. The van der Waals surface area contributed by atoms with Gasteiger partial charge in [0.1, 0.15) is 0 Å². The van der Waals surface area contributed by atoms with Crippen molar-refractivity contribution in [3.05, 3.63) is 36.7 Å². The second kappa shape index (κ2) is 7.22. The topological polar surface area (TPSA) is 97.2 Å². The predicted molar refractivity (Wildman–Crippen MR) is 92.9 cm³/mol. The van der Waals surface area contributed by atoms with Crippen LogP contribution >= 0.6 is 0 Å². The molecule has 2 aromatic rings. The Morgan fingerprint density at radius 1 is 1.40 bits per heavy atom. The van der Waals surface area contributed by atoms with Crippen LogP contribution < -0.4 is 5.32 Å². The van der Waals surface area contributed by atoms with Crippen molar-refractivity contribution in [1.29, 1.82) is 0 Å². The number of anilines is 1. The summed E-state index contributed by atoms with van der Waals surface area (Å²) in [6, 6.07) is 6.08. The van der Waals surface area contributed by atoms with E-state index in [4.69, 9.17) is 0 Å². The van der Waals surface area contributed by atoms with Gasteiger partial charge in [0.25, 0.3) is 0 Å². The molecule has 134 valence electrons. The number of aromatic nitrogens is 3. The van der Waals surface area contributed by atoms with Crippen LogP contribution in [0.15, 0.2) is 41.6 Å². The molecule has 1 N–H and O–H groups in total. The zero-order valence-electron chi connectivity index (χ0n) is 14.0. The number of rotatable bonds is 4. The van der Waals surface area contributed by atoms with Crippen molar-refractivity contribution in [2.45, 2.75) is 24.3 Å². The van der Waals surface area contributed by atoms with E-state index in [9.17, 15) is 13.2 Å². The number of likely N-dealkylation sites (tertiary alicyclic amines) is 1. The summed E-state index contributed by atoms with van der Waals surface area (Å²) in [7, 11) is -3.30. The minimum Gasteiger partial charge on any atom is -0.324 e. The highest BCUT2D eigenvalue weighted by molar-refractivity contribution is 7.90. The second-order valence-corrected chi connectivity index (χ2v) is 8.33. The van der Waals surface area contributed by atoms with Gasteiger partial charge in [-0.2, -0.15) is 0 Å². The molecule has 0 radical (unpaired) electrons. The molecular weight excluding hydrogens is 342 g/mol. The molecule has 1 aliphatic heterocycles. The molecule has 0 spiro atoms. The van der Waals surface area contributed by atoms with E-state index in [1.807, 2.05) is 6.20 Å². The summed E-state index contributed by atoms with van der Waals surface area (Å²) in [4.78, 5) is 14.5. The number of piperidine rings is 1. The number of carbonyl (C=O) groups excluding carboxylic acids is 1. The first-order chi connectivity index (χ1) is 11.9. The fourth-order valence-electron chi connectivity index (χ4n) is 3.00. The summed E-state index contributed by atoms with van der Waals surface area (Å²) in [5, 5.41) is 10.6. The van der Waals surface area contributed by atoms with Crippen molar-refractivity contribution < 1.29 is 13.2 Å². The Morgan fingerprint density at radius 3 is 2.96 bits per heavy atom. The molecule has 1 aromatic heterocycles. The molecule has 0 bridgehead atoms. The first-order valence-electron chi connectivity index (χ1n) is 8.12. The Bertz CT molecular complexity index is 835. The smallest absolute Gasteiger partial charge is 0.321 e. The Morgan fingerprint density at radius 2 is 2.24 bits per heavy atom. The highest BCUT2D eigenvalue weighted by Crippen LogP contribution is 2.20. The molecule has 2 amide bonds. The Balaban J connectivity index is 1.63. The molecule has 1 unspecified atom stereocenters. The first kappa shape index (κ1) is 17.4. The molecule has 1 aliphatic rings. The summed E-state index contributed by atoms with van der Waals surface area (Å²) in [5.74, 6) is 0.323. The van der Waals surface area contributed by atoms with Gasteiger partial charge in [-0.25, -0.2) is 13.2 Å². The largest absolute Gasteiger partial charge is 0.324 e. The lowest BCUT2D eigenvalue weighted by molar-refractivity contribution is 0.168. The van der Waals surface area contributed by atoms with E-state index in [1.165, 1.54) is 12.1 Å². The van der Waals surface area contributed by atoms with E-state index in [-0.39, 0.29) is 10.9 Å². The number of hydrogen-bond donors (Lipinski definition) is 1. The van der Waals surface area contributed by atoms with Crippen LogP contribution in [0.5, 0.6) is 0 Å². The maximum Gasteiger partial charge on any atom is 0.321 e. The predicted octanol–water partition coefficient (Wildman–Crippen LogP) is 1.63. The Hall–Kier alpha value is -2.42. The van der Waals surface area contributed by atoms with Crippen LogP contribution in [0.3, 0.4) is 0 Å². The zero-order chi connectivity index (χ0) is 17.9. The number of hydrogen-bond acceptors (Lipinski definition) is 5. The number of benzene rings is 1. The molecule has 1 saturated heterocycles. The summed E-state index contributed by atoms with van der Waals surface area (Å²) >= 11 is 0. The van der Waals surface area contributed by atoms with E-state index in [2.05, 4.69) is 15.6 Å². The van der Waals surface area contributed by atoms with Crippen LogP contribution in [0.1, 0.15) is 12.8 Å². The molecule has 8 nitrogen and oxygen atoms in total. The quantitative estimate of drug-likeness (QED) is 0.890. The number of nitrogens with one attached hydrogen (secondary N) is 1. The van der Waals surface area contributed by atoms with Gasteiger partial charge in [0.2, 0.25) is 0 Å². The van der Waals surface area contributed by atoms with Crippen LogP contribution in [0.2, 0.25) is 0 Å². The van der Waals surface area contributed by atoms with Gasteiger partial charge in [-0.15, -0.1) is 5.10 Å². The van der Waals surface area contributed by atoms with Crippen LogP contribution in [-0.2, 0) is 16.4 Å². The third kappa shape index (κ3) is 4.56. The summed E-state index contributed by atoms with van der Waals surface area (Å²) in [6.07, 6.45) is 6.56. The monoisotopic (exact) mass is 363 g/mol. The minimum atomic E-state index is -3.30. The lowest BCUT2D eigenvalue weighted by Crippen LogP contribution is -2.43. The third-order valence-corrected chi connectivity index (χ3v) is 5.35. The van der Waals surface area contributed by atoms with Crippen LogP contribution in [0.25, 0.3) is 0 Å². The normalized spacial score (nSPS) is 18.1. The molecule has 0 saturated carbocycles. The van der Waals surface area contributed by atoms with E-state index in [0.29, 0.717) is 24.7 Å². The minimum absolute atomic E-state index is 0.188. The third-order valence-electron chi connectivity index (χ3n) is 4.24. The summed E-state index contributed by atoms with van der Waals surface area (Å²) in [5.41, 5.74) is 0.478. The maximum absolute atomic E-state index is 12.5. The molecular formula is C16H21N5O3S. The van der Waals surface area contributed by atoms with Crippen molar-refractivity contribution in [3.63, 3.8) is 0 Å².